The van der Waals surface area contributed by atoms with Crippen LogP contribution in [0.4, 0.5) is 0 Å². The third kappa shape index (κ3) is 13.4. The van der Waals surface area contributed by atoms with Crippen molar-refractivity contribution in [2.75, 3.05) is 19.6 Å². The van der Waals surface area contributed by atoms with Crippen molar-refractivity contribution in [3.63, 3.8) is 0 Å². The molecule has 164 valence electrons. The maximum absolute atomic E-state index is 10.7. The molecule has 0 amide bonds. The van der Waals surface area contributed by atoms with E-state index in [4.69, 9.17) is 32.5 Å². The standard InChI is InChI=1S/C18H36N4O6/c19-13(16(23)24)7-1-4-10-22(11-5-2-8-14(20)17(25)26)12-6-3-9-15(21)18(27)28/h13-15H,1-12,19-21H2,(H,23,24)(H,25,26)(H,27,28). The van der Waals surface area contributed by atoms with Crippen molar-refractivity contribution in [1.29, 1.82) is 0 Å². The summed E-state index contributed by atoms with van der Waals surface area (Å²) in [5, 5.41) is 26.4. The van der Waals surface area contributed by atoms with Gasteiger partial charge < -0.3 is 37.4 Å². The van der Waals surface area contributed by atoms with E-state index in [2.05, 4.69) is 4.90 Å². The van der Waals surface area contributed by atoms with Crippen LogP contribution >= 0.6 is 0 Å². The number of carboxylic acid groups (broad SMARTS) is 3. The summed E-state index contributed by atoms with van der Waals surface area (Å²) in [5.74, 6) is -3.00. The van der Waals surface area contributed by atoms with Crippen molar-refractivity contribution >= 4 is 17.9 Å². The smallest absolute Gasteiger partial charge is 0.320 e. The summed E-state index contributed by atoms with van der Waals surface area (Å²) in [5.41, 5.74) is 16.5. The molecular formula is C18H36N4O6. The number of nitrogens with zero attached hydrogens (tertiary/aromatic N) is 1. The fraction of sp³-hybridized carbons (Fsp3) is 0.833. The van der Waals surface area contributed by atoms with Crippen molar-refractivity contribution in [2.45, 2.75) is 75.9 Å². The fourth-order valence-corrected chi connectivity index (χ4v) is 2.80. The highest BCUT2D eigenvalue weighted by Gasteiger charge is 2.14. The number of unbranched alkanes of at least 4 members (excludes halogenated alkanes) is 3. The van der Waals surface area contributed by atoms with Gasteiger partial charge in [-0.2, -0.15) is 0 Å². The Hall–Kier alpha value is -1.75. The van der Waals surface area contributed by atoms with Crippen LogP contribution in [0.3, 0.4) is 0 Å². The lowest BCUT2D eigenvalue weighted by Crippen LogP contribution is -2.32. The third-order valence-electron chi connectivity index (χ3n) is 4.67. The minimum absolute atomic E-state index is 0.421. The number of aliphatic carboxylic acids is 3. The molecule has 0 aliphatic heterocycles. The van der Waals surface area contributed by atoms with Gasteiger partial charge in [0.15, 0.2) is 0 Å². The maximum Gasteiger partial charge on any atom is 0.320 e. The highest BCUT2D eigenvalue weighted by molar-refractivity contribution is 5.73. The Morgan fingerprint density at radius 1 is 0.571 bits per heavy atom. The van der Waals surface area contributed by atoms with Crippen LogP contribution in [0.5, 0.6) is 0 Å². The van der Waals surface area contributed by atoms with Crippen molar-refractivity contribution in [3.05, 3.63) is 0 Å². The number of rotatable bonds is 18. The van der Waals surface area contributed by atoms with Gasteiger partial charge in [-0.15, -0.1) is 0 Å². The highest BCUT2D eigenvalue weighted by Crippen LogP contribution is 2.08. The van der Waals surface area contributed by atoms with Gasteiger partial charge in [0.1, 0.15) is 18.1 Å². The molecule has 0 saturated heterocycles. The lowest BCUT2D eigenvalue weighted by Gasteiger charge is -2.23. The first-order valence-corrected chi connectivity index (χ1v) is 9.82. The number of carbonyl (C=O) groups is 3. The molecule has 10 heteroatoms. The van der Waals surface area contributed by atoms with Gasteiger partial charge in [0.05, 0.1) is 0 Å². The normalized spacial score (nSPS) is 14.6. The van der Waals surface area contributed by atoms with Gasteiger partial charge in [-0.25, -0.2) is 0 Å². The predicted molar refractivity (Wildman–Crippen MR) is 105 cm³/mol. The van der Waals surface area contributed by atoms with Gasteiger partial charge in [0.25, 0.3) is 0 Å². The van der Waals surface area contributed by atoms with E-state index >= 15 is 0 Å². The van der Waals surface area contributed by atoms with E-state index in [0.717, 1.165) is 38.9 Å². The minimum atomic E-state index is -0.999. The van der Waals surface area contributed by atoms with E-state index in [1.54, 1.807) is 0 Å². The molecule has 9 N–H and O–H groups in total. The first kappa shape index (κ1) is 26.2. The van der Waals surface area contributed by atoms with Crippen LogP contribution in [0.1, 0.15) is 57.8 Å². The molecule has 28 heavy (non-hydrogen) atoms. The van der Waals surface area contributed by atoms with Crippen LogP contribution in [0.2, 0.25) is 0 Å². The Kier molecular flexibility index (Phi) is 14.3. The molecular weight excluding hydrogens is 368 g/mol. The van der Waals surface area contributed by atoms with Crippen LogP contribution in [0.25, 0.3) is 0 Å². The Balaban J connectivity index is 4.23. The summed E-state index contributed by atoms with van der Waals surface area (Å²) in [7, 11) is 0. The molecule has 0 aliphatic rings. The van der Waals surface area contributed by atoms with E-state index < -0.39 is 36.0 Å². The van der Waals surface area contributed by atoms with Gasteiger partial charge in [0, 0.05) is 0 Å². The summed E-state index contributed by atoms with van der Waals surface area (Å²) < 4.78 is 0. The van der Waals surface area contributed by atoms with E-state index in [-0.39, 0.29) is 0 Å². The zero-order valence-corrected chi connectivity index (χ0v) is 16.5. The number of hydrogen-bond acceptors (Lipinski definition) is 7. The third-order valence-corrected chi connectivity index (χ3v) is 4.67. The van der Waals surface area contributed by atoms with Crippen molar-refractivity contribution in [2.24, 2.45) is 17.2 Å². The van der Waals surface area contributed by atoms with E-state index in [1.165, 1.54) is 0 Å². The second-order valence-electron chi connectivity index (χ2n) is 7.16. The molecule has 0 aliphatic carbocycles. The average Bonchev–Trinajstić information content (AvgIpc) is 2.63. The summed E-state index contributed by atoms with van der Waals surface area (Å²) in [6.45, 7) is 2.34. The molecule has 0 rings (SSSR count). The number of carboxylic acids is 3. The van der Waals surface area contributed by atoms with Gasteiger partial charge >= 0.3 is 17.9 Å². The number of hydrogen-bond donors (Lipinski definition) is 6. The topological polar surface area (TPSA) is 193 Å². The predicted octanol–water partition coefficient (Wildman–Crippen LogP) is 0.0350. The van der Waals surface area contributed by atoms with E-state index in [0.29, 0.717) is 38.5 Å². The van der Waals surface area contributed by atoms with Crippen molar-refractivity contribution < 1.29 is 29.7 Å². The molecule has 0 aromatic carbocycles. The van der Waals surface area contributed by atoms with Crippen LogP contribution < -0.4 is 17.2 Å². The first-order valence-electron chi connectivity index (χ1n) is 9.82. The van der Waals surface area contributed by atoms with Crippen molar-refractivity contribution in [3.8, 4) is 0 Å². The van der Waals surface area contributed by atoms with Crippen LogP contribution in [0, 0.1) is 0 Å². The lowest BCUT2D eigenvalue weighted by molar-refractivity contribution is -0.139. The molecule has 0 aromatic rings. The highest BCUT2D eigenvalue weighted by atomic mass is 16.4. The minimum Gasteiger partial charge on any atom is -0.480 e. The Morgan fingerprint density at radius 2 is 0.821 bits per heavy atom. The van der Waals surface area contributed by atoms with Crippen LogP contribution in [-0.4, -0.2) is 75.9 Å². The zero-order valence-electron chi connectivity index (χ0n) is 16.5. The zero-order chi connectivity index (χ0) is 21.5. The fourth-order valence-electron chi connectivity index (χ4n) is 2.80. The molecule has 0 saturated carbocycles. The molecule has 0 aromatic heterocycles. The first-order chi connectivity index (χ1) is 13.1. The van der Waals surface area contributed by atoms with Crippen LogP contribution in [-0.2, 0) is 14.4 Å². The van der Waals surface area contributed by atoms with Gasteiger partial charge in [-0.05, 0) is 58.2 Å². The van der Waals surface area contributed by atoms with E-state index in [9.17, 15) is 14.4 Å². The average molecular weight is 405 g/mol. The molecule has 0 spiro atoms. The van der Waals surface area contributed by atoms with Crippen LogP contribution in [0.15, 0.2) is 0 Å². The lowest BCUT2D eigenvalue weighted by atomic mass is 10.1. The Labute approximate surface area is 166 Å². The molecule has 10 nitrogen and oxygen atoms in total. The molecule has 0 bridgehead atoms. The van der Waals surface area contributed by atoms with Gasteiger partial charge in [-0.3, -0.25) is 14.4 Å². The molecule has 0 fully saturated rings. The largest absolute Gasteiger partial charge is 0.480 e. The van der Waals surface area contributed by atoms with Gasteiger partial charge in [0.2, 0.25) is 0 Å². The Bertz CT molecular complexity index is 410. The summed E-state index contributed by atoms with van der Waals surface area (Å²) in [6.07, 6.45) is 5.81. The summed E-state index contributed by atoms with van der Waals surface area (Å²) in [6, 6.07) is -2.53. The quantitative estimate of drug-likeness (QED) is 0.170. The molecule has 3 atom stereocenters. The maximum atomic E-state index is 10.7. The SMILES string of the molecule is NC(CCCCN(CCCCC(N)C(=O)O)CCCCC(N)C(=O)O)C(=O)O. The molecule has 0 heterocycles. The van der Waals surface area contributed by atoms with Gasteiger partial charge in [-0.1, -0.05) is 19.3 Å². The van der Waals surface area contributed by atoms with E-state index in [1.807, 2.05) is 0 Å². The second-order valence-corrected chi connectivity index (χ2v) is 7.16. The summed E-state index contributed by atoms with van der Waals surface area (Å²) in [4.78, 5) is 34.5. The van der Waals surface area contributed by atoms with Crippen molar-refractivity contribution in [1.82, 2.24) is 4.90 Å². The molecule has 3 unspecified atom stereocenters. The molecule has 0 radical (unpaired) electrons. The second kappa shape index (κ2) is 15.2. The summed E-state index contributed by atoms with van der Waals surface area (Å²) >= 11 is 0. The monoisotopic (exact) mass is 404 g/mol. The number of nitrogens with two attached hydrogens (primary N) is 3. The Morgan fingerprint density at radius 3 is 1.04 bits per heavy atom.